The number of nitrogens with one attached hydrogen (secondary N) is 2. The van der Waals surface area contributed by atoms with Crippen LogP contribution in [0.5, 0.6) is 0 Å². The van der Waals surface area contributed by atoms with Gasteiger partial charge in [-0.3, -0.25) is 4.79 Å². The molecule has 1 fully saturated rings. The normalized spacial score (nSPS) is 17.6. The van der Waals surface area contributed by atoms with E-state index in [1.165, 1.54) is 15.6 Å². The number of sulfonamides is 1. The van der Waals surface area contributed by atoms with Gasteiger partial charge in [0.1, 0.15) is 4.21 Å². The third-order valence-corrected chi connectivity index (χ3v) is 8.57. The van der Waals surface area contributed by atoms with Crippen molar-refractivity contribution in [3.8, 4) is 0 Å². The van der Waals surface area contributed by atoms with E-state index in [9.17, 15) is 13.2 Å². The molecule has 2 heterocycles. The molecule has 1 saturated heterocycles. The molecule has 8 heteroatoms. The highest BCUT2D eigenvalue weighted by atomic mass is 32.2. The number of piperazine rings is 1. The Balaban J connectivity index is 1.61. The van der Waals surface area contributed by atoms with E-state index >= 15 is 0 Å². The molecule has 0 aliphatic carbocycles. The van der Waals surface area contributed by atoms with E-state index in [-0.39, 0.29) is 11.9 Å². The summed E-state index contributed by atoms with van der Waals surface area (Å²) in [4.78, 5) is 13.9. The van der Waals surface area contributed by atoms with E-state index < -0.39 is 10.0 Å². The van der Waals surface area contributed by atoms with Crippen molar-refractivity contribution in [3.63, 3.8) is 0 Å². The van der Waals surface area contributed by atoms with Crippen molar-refractivity contribution in [2.24, 2.45) is 0 Å². The number of nitrogens with zero attached hydrogens (tertiary/aromatic N) is 1. The van der Waals surface area contributed by atoms with Crippen molar-refractivity contribution >= 4 is 33.0 Å². The number of amides is 1. The maximum Gasteiger partial charge on any atom is 0.282 e. The molecule has 0 bridgehead atoms. The van der Waals surface area contributed by atoms with Crippen molar-refractivity contribution in [1.82, 2.24) is 4.31 Å². The number of thiophene rings is 1. The van der Waals surface area contributed by atoms with Gasteiger partial charge < -0.3 is 10.2 Å². The number of anilines is 1. The van der Waals surface area contributed by atoms with E-state index in [4.69, 9.17) is 0 Å². The van der Waals surface area contributed by atoms with Crippen LogP contribution in [0.2, 0.25) is 0 Å². The number of para-hydroxylation sites is 1. The molecule has 28 heavy (non-hydrogen) atoms. The molecule has 1 amide bonds. The fraction of sp³-hybridized carbons (Fsp3) is 0.450. The number of carbonyl (C=O) groups excluding carboxylic acids is 1. The summed E-state index contributed by atoms with van der Waals surface area (Å²) in [6.45, 7) is 8.20. The standard InChI is InChI=1S/C20H27N3O3S2/c1-15(2)17-7-4-5-8-18(17)21-20(24)16(3)22-10-12-23(13-11-22)28(25,26)19-9-6-14-27-19/h4-9,14-16H,10-13H2,1-3H3,(H,21,24)/p+1/t16-/m1/s1. The van der Waals surface area contributed by atoms with Gasteiger partial charge in [0, 0.05) is 5.69 Å². The maximum atomic E-state index is 12.8. The third-order valence-electron chi connectivity index (χ3n) is 5.30. The van der Waals surface area contributed by atoms with Crippen LogP contribution in [0.15, 0.2) is 46.0 Å². The smallest absolute Gasteiger partial charge is 0.282 e. The van der Waals surface area contributed by atoms with Crippen molar-refractivity contribution in [3.05, 3.63) is 47.3 Å². The van der Waals surface area contributed by atoms with Crippen molar-refractivity contribution in [2.75, 3.05) is 31.5 Å². The molecule has 1 aliphatic heterocycles. The maximum absolute atomic E-state index is 12.8. The summed E-state index contributed by atoms with van der Waals surface area (Å²) in [7, 11) is -3.41. The van der Waals surface area contributed by atoms with Crippen molar-refractivity contribution < 1.29 is 18.1 Å². The molecule has 0 radical (unpaired) electrons. The van der Waals surface area contributed by atoms with Crippen LogP contribution in [0.25, 0.3) is 0 Å². The van der Waals surface area contributed by atoms with Gasteiger partial charge in [0.05, 0.1) is 26.2 Å². The van der Waals surface area contributed by atoms with Crippen LogP contribution < -0.4 is 10.2 Å². The van der Waals surface area contributed by atoms with Crippen LogP contribution in [0, 0.1) is 0 Å². The highest BCUT2D eigenvalue weighted by molar-refractivity contribution is 7.91. The van der Waals surface area contributed by atoms with Crippen molar-refractivity contribution in [1.29, 1.82) is 0 Å². The fourth-order valence-electron chi connectivity index (χ4n) is 3.52. The first kappa shape index (κ1) is 21.0. The van der Waals surface area contributed by atoms with E-state index in [1.54, 1.807) is 17.5 Å². The van der Waals surface area contributed by atoms with Gasteiger partial charge in [0.25, 0.3) is 15.9 Å². The molecule has 2 aromatic rings. The summed E-state index contributed by atoms with van der Waals surface area (Å²) in [6, 6.07) is 11.0. The average molecular weight is 423 g/mol. The summed E-state index contributed by atoms with van der Waals surface area (Å²) in [6.07, 6.45) is 0. The third kappa shape index (κ3) is 4.46. The van der Waals surface area contributed by atoms with Gasteiger partial charge in [-0.15, -0.1) is 11.3 Å². The minimum atomic E-state index is -3.41. The topological polar surface area (TPSA) is 70.9 Å². The Hall–Kier alpha value is -1.74. The van der Waals surface area contributed by atoms with Crippen LogP contribution in [0.4, 0.5) is 5.69 Å². The number of benzene rings is 1. The number of quaternary nitrogens is 1. The van der Waals surface area contributed by atoms with Gasteiger partial charge in [-0.2, -0.15) is 4.31 Å². The van der Waals surface area contributed by atoms with E-state index in [1.807, 2.05) is 31.2 Å². The zero-order valence-electron chi connectivity index (χ0n) is 16.5. The number of hydrogen-bond donors (Lipinski definition) is 2. The van der Waals surface area contributed by atoms with Crippen molar-refractivity contribution in [2.45, 2.75) is 36.9 Å². The summed E-state index contributed by atoms with van der Waals surface area (Å²) in [5, 5.41) is 4.84. The lowest BCUT2D eigenvalue weighted by atomic mass is 10.0. The molecule has 1 aromatic carbocycles. The first-order valence-electron chi connectivity index (χ1n) is 9.58. The van der Waals surface area contributed by atoms with Gasteiger partial charge in [0.2, 0.25) is 0 Å². The first-order valence-corrected chi connectivity index (χ1v) is 11.9. The lowest BCUT2D eigenvalue weighted by Gasteiger charge is -2.34. The van der Waals surface area contributed by atoms with Crippen LogP contribution in [-0.4, -0.2) is 50.9 Å². The molecule has 1 aromatic heterocycles. The van der Waals surface area contributed by atoms with E-state index in [0.717, 1.165) is 16.2 Å². The summed E-state index contributed by atoms with van der Waals surface area (Å²) in [5.74, 6) is 0.294. The lowest BCUT2D eigenvalue weighted by molar-refractivity contribution is -0.917. The van der Waals surface area contributed by atoms with Crippen LogP contribution >= 0.6 is 11.3 Å². The van der Waals surface area contributed by atoms with E-state index in [0.29, 0.717) is 36.3 Å². The SMILES string of the molecule is CC(C)c1ccccc1NC(=O)[C@@H](C)[NH+]1CCN(S(=O)(=O)c2cccs2)CC1. The Morgan fingerprint density at radius 2 is 1.79 bits per heavy atom. The summed E-state index contributed by atoms with van der Waals surface area (Å²) < 4.78 is 27.2. The minimum Gasteiger partial charge on any atom is -0.323 e. The largest absolute Gasteiger partial charge is 0.323 e. The molecule has 6 nitrogen and oxygen atoms in total. The molecule has 3 rings (SSSR count). The van der Waals surface area contributed by atoms with Gasteiger partial charge in [0.15, 0.2) is 6.04 Å². The molecule has 152 valence electrons. The predicted octanol–water partition coefficient (Wildman–Crippen LogP) is 1.79. The number of carbonyl (C=O) groups is 1. The number of hydrogen-bond acceptors (Lipinski definition) is 4. The molecule has 0 saturated carbocycles. The van der Waals surface area contributed by atoms with Crippen LogP contribution in [0.1, 0.15) is 32.3 Å². The lowest BCUT2D eigenvalue weighted by Crippen LogP contribution is -3.19. The predicted molar refractivity (Wildman–Crippen MR) is 112 cm³/mol. The van der Waals surface area contributed by atoms with Crippen LogP contribution in [-0.2, 0) is 14.8 Å². The monoisotopic (exact) mass is 422 g/mol. The summed E-state index contributed by atoms with van der Waals surface area (Å²) >= 11 is 1.24. The van der Waals surface area contributed by atoms with Gasteiger partial charge in [-0.25, -0.2) is 8.42 Å². The van der Waals surface area contributed by atoms with Crippen LogP contribution in [0.3, 0.4) is 0 Å². The summed E-state index contributed by atoms with van der Waals surface area (Å²) in [5.41, 5.74) is 1.97. The first-order chi connectivity index (χ1) is 13.3. The van der Waals surface area contributed by atoms with Gasteiger partial charge >= 0.3 is 0 Å². The second kappa shape index (κ2) is 8.73. The highest BCUT2D eigenvalue weighted by Crippen LogP contribution is 2.24. The van der Waals surface area contributed by atoms with E-state index in [2.05, 4.69) is 19.2 Å². The second-order valence-corrected chi connectivity index (χ2v) is 10.6. The molecule has 1 atom stereocenters. The quantitative estimate of drug-likeness (QED) is 0.746. The Kier molecular flexibility index (Phi) is 6.54. The highest BCUT2D eigenvalue weighted by Gasteiger charge is 2.34. The number of rotatable bonds is 6. The molecule has 2 N–H and O–H groups in total. The molecule has 0 spiro atoms. The zero-order chi connectivity index (χ0) is 20.3. The minimum absolute atomic E-state index is 0.0299. The zero-order valence-corrected chi connectivity index (χ0v) is 18.1. The molecular weight excluding hydrogens is 394 g/mol. The molecule has 1 aliphatic rings. The fourth-order valence-corrected chi connectivity index (χ4v) is 6.11. The Morgan fingerprint density at radius 1 is 1.11 bits per heavy atom. The second-order valence-electron chi connectivity index (χ2n) is 7.45. The van der Waals surface area contributed by atoms with Gasteiger partial charge in [-0.05, 0) is 35.9 Å². The Morgan fingerprint density at radius 3 is 2.39 bits per heavy atom. The Bertz CT molecular complexity index is 903. The molecule has 0 unspecified atom stereocenters. The average Bonchev–Trinajstić information content (AvgIpc) is 3.23. The van der Waals surface area contributed by atoms with Gasteiger partial charge in [-0.1, -0.05) is 38.1 Å². The molecular formula is C20H28N3O3S2+. The Labute approximate surface area is 171 Å².